The summed E-state index contributed by atoms with van der Waals surface area (Å²) in [6.07, 6.45) is 0. The zero-order chi connectivity index (χ0) is 13.8. The Morgan fingerprint density at radius 1 is 1.26 bits per heavy atom. The van der Waals surface area contributed by atoms with Gasteiger partial charge < -0.3 is 9.47 Å². The lowest BCUT2D eigenvalue weighted by atomic mass is 10.3. The predicted octanol–water partition coefficient (Wildman–Crippen LogP) is 3.35. The highest BCUT2D eigenvalue weighted by atomic mass is 35.5. The molecule has 0 atom stereocenters. The Morgan fingerprint density at radius 2 is 2.05 bits per heavy atom. The number of hydrogen-bond acceptors (Lipinski definition) is 4. The van der Waals surface area contributed by atoms with Crippen LogP contribution >= 0.6 is 11.6 Å². The van der Waals surface area contributed by atoms with Gasteiger partial charge in [0.05, 0.1) is 0 Å². The van der Waals surface area contributed by atoms with Gasteiger partial charge in [0.25, 0.3) is 0 Å². The number of rotatable bonds is 4. The van der Waals surface area contributed by atoms with E-state index in [1.807, 2.05) is 0 Å². The number of methoxy groups -OCH3 is 1. The van der Waals surface area contributed by atoms with Crippen LogP contribution in [-0.4, -0.2) is 17.1 Å². The molecule has 0 spiro atoms. The molecule has 0 radical (unpaired) electrons. The molecule has 100 valence electrons. The van der Waals surface area contributed by atoms with Crippen molar-refractivity contribution in [2.24, 2.45) is 0 Å². The van der Waals surface area contributed by atoms with Gasteiger partial charge in [-0.15, -0.1) is 0 Å². The smallest absolute Gasteiger partial charge is 0.224 e. The van der Waals surface area contributed by atoms with Gasteiger partial charge in [-0.3, -0.25) is 0 Å². The summed E-state index contributed by atoms with van der Waals surface area (Å²) >= 11 is 5.77. The van der Waals surface area contributed by atoms with Gasteiger partial charge in [0.1, 0.15) is 11.8 Å². The molecule has 0 bridgehead atoms. The lowest BCUT2D eigenvalue weighted by molar-refractivity contribution is 0.177. The molecule has 19 heavy (non-hydrogen) atoms. The Balaban J connectivity index is 2.30. The molecule has 1 aromatic carbocycles. The van der Waals surface area contributed by atoms with Gasteiger partial charge in [-0.2, -0.15) is 9.37 Å². The van der Waals surface area contributed by atoms with Crippen molar-refractivity contribution in [1.82, 2.24) is 9.97 Å². The molecule has 0 saturated heterocycles. The van der Waals surface area contributed by atoms with Gasteiger partial charge in [-0.05, 0) is 12.1 Å². The third-order valence-electron chi connectivity index (χ3n) is 2.12. The Morgan fingerprint density at radius 3 is 2.79 bits per heavy atom. The fraction of sp³-hybridized carbons (Fsp3) is 0.167. The second kappa shape index (κ2) is 5.90. The average molecular weight is 287 g/mol. The van der Waals surface area contributed by atoms with Crippen LogP contribution in [0.5, 0.6) is 11.6 Å². The Labute approximate surface area is 113 Å². The third-order valence-corrected chi connectivity index (χ3v) is 2.32. The molecular formula is C12H9ClF2N2O2. The van der Waals surface area contributed by atoms with Crippen molar-refractivity contribution in [3.8, 4) is 11.6 Å². The summed E-state index contributed by atoms with van der Waals surface area (Å²) in [4.78, 5) is 7.84. The van der Waals surface area contributed by atoms with Gasteiger partial charge in [-0.1, -0.05) is 17.7 Å². The second-order valence-corrected chi connectivity index (χ2v) is 3.92. The maximum Gasteiger partial charge on any atom is 0.224 e. The molecule has 2 rings (SSSR count). The molecule has 2 aromatic rings. The number of aromatic nitrogens is 2. The van der Waals surface area contributed by atoms with Crippen LogP contribution < -0.4 is 4.74 Å². The van der Waals surface area contributed by atoms with Crippen LogP contribution in [-0.2, 0) is 11.3 Å². The molecule has 0 fully saturated rings. The van der Waals surface area contributed by atoms with Crippen molar-refractivity contribution in [2.75, 3.05) is 7.11 Å². The molecule has 0 N–H and O–H groups in total. The molecule has 0 saturated carbocycles. The van der Waals surface area contributed by atoms with Crippen molar-refractivity contribution in [3.05, 3.63) is 46.9 Å². The van der Waals surface area contributed by atoms with E-state index >= 15 is 0 Å². The minimum absolute atomic E-state index is 0.0107. The lowest BCUT2D eigenvalue weighted by Crippen LogP contribution is -2.00. The minimum Gasteiger partial charge on any atom is -0.436 e. The van der Waals surface area contributed by atoms with Gasteiger partial charge in [0.15, 0.2) is 17.4 Å². The number of nitrogens with zero attached hydrogens (tertiary/aromatic N) is 2. The van der Waals surface area contributed by atoms with E-state index in [1.54, 1.807) is 0 Å². The summed E-state index contributed by atoms with van der Waals surface area (Å²) in [5.41, 5.74) is 0. The highest BCUT2D eigenvalue weighted by Crippen LogP contribution is 2.25. The topological polar surface area (TPSA) is 44.2 Å². The first-order valence-corrected chi connectivity index (χ1v) is 5.62. The average Bonchev–Trinajstić information content (AvgIpc) is 2.35. The molecule has 1 aromatic heterocycles. The first-order valence-electron chi connectivity index (χ1n) is 5.24. The van der Waals surface area contributed by atoms with Crippen molar-refractivity contribution >= 4 is 11.6 Å². The maximum absolute atomic E-state index is 13.4. The quantitative estimate of drug-likeness (QED) is 0.809. The summed E-state index contributed by atoms with van der Waals surface area (Å²) in [5.74, 6) is -2.09. The van der Waals surface area contributed by atoms with E-state index in [0.717, 1.165) is 6.07 Å². The predicted molar refractivity (Wildman–Crippen MR) is 64.2 cm³/mol. The van der Waals surface area contributed by atoms with E-state index in [-0.39, 0.29) is 29.2 Å². The molecule has 0 amide bonds. The Hall–Kier alpha value is -1.79. The highest BCUT2D eigenvalue weighted by molar-refractivity contribution is 6.29. The molecule has 1 heterocycles. The standard InChI is InChI=1S/C12H9ClF2N2O2/c1-18-6-10-16-9(13)5-11(17-10)19-8-4-2-3-7(14)12(8)15/h2-5H,6H2,1H3. The zero-order valence-electron chi connectivity index (χ0n) is 9.86. The van der Waals surface area contributed by atoms with Crippen LogP contribution in [0.3, 0.4) is 0 Å². The van der Waals surface area contributed by atoms with Crippen LogP contribution in [0.25, 0.3) is 0 Å². The molecule has 0 unspecified atom stereocenters. The summed E-state index contributed by atoms with van der Waals surface area (Å²) in [6, 6.07) is 4.90. The number of benzene rings is 1. The molecule has 0 aliphatic rings. The SMILES string of the molecule is COCc1nc(Cl)cc(Oc2cccc(F)c2F)n1. The van der Waals surface area contributed by atoms with Crippen LogP contribution in [0, 0.1) is 11.6 Å². The maximum atomic E-state index is 13.4. The van der Waals surface area contributed by atoms with Crippen LogP contribution in [0.2, 0.25) is 5.15 Å². The first kappa shape index (κ1) is 13.6. The fourth-order valence-electron chi connectivity index (χ4n) is 1.36. The van der Waals surface area contributed by atoms with E-state index in [4.69, 9.17) is 21.1 Å². The first-order chi connectivity index (χ1) is 9.10. The monoisotopic (exact) mass is 286 g/mol. The Bertz CT molecular complexity index is 596. The molecule has 0 aliphatic carbocycles. The summed E-state index contributed by atoms with van der Waals surface area (Å²) in [5, 5.41) is 0.119. The largest absolute Gasteiger partial charge is 0.436 e. The summed E-state index contributed by atoms with van der Waals surface area (Å²) in [7, 11) is 1.47. The molecule has 4 nitrogen and oxygen atoms in total. The Kier molecular flexibility index (Phi) is 4.24. The van der Waals surface area contributed by atoms with E-state index in [1.165, 1.54) is 25.3 Å². The number of halogens is 3. The van der Waals surface area contributed by atoms with E-state index in [9.17, 15) is 8.78 Å². The summed E-state index contributed by atoms with van der Waals surface area (Å²) < 4.78 is 36.5. The van der Waals surface area contributed by atoms with E-state index < -0.39 is 11.6 Å². The van der Waals surface area contributed by atoms with Crippen molar-refractivity contribution in [1.29, 1.82) is 0 Å². The van der Waals surface area contributed by atoms with Crippen LogP contribution in [0.1, 0.15) is 5.82 Å². The van der Waals surface area contributed by atoms with Crippen LogP contribution in [0.15, 0.2) is 24.3 Å². The normalized spacial score (nSPS) is 10.5. The van der Waals surface area contributed by atoms with Gasteiger partial charge in [-0.25, -0.2) is 9.37 Å². The van der Waals surface area contributed by atoms with Gasteiger partial charge in [0.2, 0.25) is 11.7 Å². The number of ether oxygens (including phenoxy) is 2. The zero-order valence-corrected chi connectivity index (χ0v) is 10.6. The lowest BCUT2D eigenvalue weighted by Gasteiger charge is -2.07. The second-order valence-electron chi connectivity index (χ2n) is 3.53. The van der Waals surface area contributed by atoms with Crippen molar-refractivity contribution in [3.63, 3.8) is 0 Å². The van der Waals surface area contributed by atoms with Crippen molar-refractivity contribution < 1.29 is 18.3 Å². The number of hydrogen-bond donors (Lipinski definition) is 0. The van der Waals surface area contributed by atoms with E-state index in [2.05, 4.69) is 9.97 Å². The molecule has 7 heteroatoms. The minimum atomic E-state index is -1.09. The van der Waals surface area contributed by atoms with Gasteiger partial charge >= 0.3 is 0 Å². The van der Waals surface area contributed by atoms with E-state index in [0.29, 0.717) is 0 Å². The highest BCUT2D eigenvalue weighted by Gasteiger charge is 2.12. The molecule has 0 aliphatic heterocycles. The van der Waals surface area contributed by atoms with Crippen LogP contribution in [0.4, 0.5) is 8.78 Å². The third kappa shape index (κ3) is 3.36. The molecular weight excluding hydrogens is 278 g/mol. The van der Waals surface area contributed by atoms with Crippen molar-refractivity contribution in [2.45, 2.75) is 6.61 Å². The van der Waals surface area contributed by atoms with Gasteiger partial charge in [0, 0.05) is 13.2 Å². The fourth-order valence-corrected chi connectivity index (χ4v) is 1.55. The summed E-state index contributed by atoms with van der Waals surface area (Å²) in [6.45, 7) is 0.128.